The molecule has 1 aliphatic rings. The first kappa shape index (κ1) is 26.0. The van der Waals surface area contributed by atoms with Gasteiger partial charge in [0.1, 0.15) is 18.9 Å². The molecule has 0 saturated heterocycles. The molecule has 0 aliphatic carbocycles. The number of nitrogens with one attached hydrogen (secondary N) is 1. The molecule has 0 bridgehead atoms. The molecule has 3 rings (SSSR count). The van der Waals surface area contributed by atoms with Crippen molar-refractivity contribution in [2.75, 3.05) is 40.0 Å². The first-order valence-electron chi connectivity index (χ1n) is 11.9. The summed E-state index contributed by atoms with van der Waals surface area (Å²) in [7, 11) is 1.59. The smallest absolute Gasteiger partial charge is 0.318 e. The average molecular weight is 488 g/mol. The van der Waals surface area contributed by atoms with Gasteiger partial charge in [0.25, 0.3) is 0 Å². The van der Waals surface area contributed by atoms with Crippen LogP contribution < -0.4 is 10.1 Å². The topological polar surface area (TPSA) is 71.1 Å². The maximum absolute atomic E-state index is 13.4. The average Bonchev–Trinajstić information content (AvgIpc) is 3.29. The summed E-state index contributed by atoms with van der Waals surface area (Å²) >= 11 is 1.72. The summed E-state index contributed by atoms with van der Waals surface area (Å²) < 4.78 is 11.3. The van der Waals surface area contributed by atoms with Gasteiger partial charge >= 0.3 is 6.03 Å². The van der Waals surface area contributed by atoms with Crippen LogP contribution in [-0.2, 0) is 16.0 Å². The van der Waals surface area contributed by atoms with E-state index in [0.29, 0.717) is 32.2 Å². The second-order valence-electron chi connectivity index (χ2n) is 9.21. The van der Waals surface area contributed by atoms with Gasteiger partial charge in [0, 0.05) is 31.1 Å². The second kappa shape index (κ2) is 12.2. The third-order valence-corrected chi connectivity index (χ3v) is 6.96. The summed E-state index contributed by atoms with van der Waals surface area (Å²) in [4.78, 5) is 30.8. The Morgan fingerprint density at radius 2 is 1.91 bits per heavy atom. The van der Waals surface area contributed by atoms with Gasteiger partial charge in [-0.05, 0) is 60.9 Å². The number of urea groups is 1. The third-order valence-electron chi connectivity index (χ3n) is 5.96. The lowest BCUT2D eigenvalue weighted by Crippen LogP contribution is -2.51. The van der Waals surface area contributed by atoms with Crippen LogP contribution in [-0.4, -0.2) is 67.7 Å². The van der Waals surface area contributed by atoms with E-state index in [4.69, 9.17) is 9.47 Å². The Bertz CT molecular complexity index is 942. The van der Waals surface area contributed by atoms with E-state index < -0.39 is 0 Å². The normalized spacial score (nSPS) is 15.4. The van der Waals surface area contributed by atoms with Crippen molar-refractivity contribution in [2.45, 2.75) is 52.1 Å². The van der Waals surface area contributed by atoms with Crippen molar-refractivity contribution in [3.8, 4) is 5.75 Å². The highest BCUT2D eigenvalue weighted by molar-refractivity contribution is 7.10. The Morgan fingerprint density at radius 3 is 2.56 bits per heavy atom. The third kappa shape index (κ3) is 6.73. The fourth-order valence-corrected chi connectivity index (χ4v) is 4.97. The molecule has 1 unspecified atom stereocenters. The molecule has 1 aliphatic heterocycles. The first-order valence-corrected chi connectivity index (χ1v) is 12.8. The molecule has 0 radical (unpaired) electrons. The molecule has 1 aromatic heterocycles. The van der Waals surface area contributed by atoms with E-state index in [0.717, 1.165) is 17.7 Å². The van der Waals surface area contributed by atoms with Gasteiger partial charge in [-0.3, -0.25) is 4.79 Å². The molecule has 1 atom stereocenters. The predicted molar refractivity (Wildman–Crippen MR) is 136 cm³/mol. The van der Waals surface area contributed by atoms with Gasteiger partial charge < -0.3 is 24.6 Å². The van der Waals surface area contributed by atoms with Crippen LogP contribution in [0.2, 0.25) is 0 Å². The van der Waals surface area contributed by atoms with Gasteiger partial charge in [-0.25, -0.2) is 4.79 Å². The molecular formula is C26H37N3O4S. The highest BCUT2D eigenvalue weighted by atomic mass is 32.1. The summed E-state index contributed by atoms with van der Waals surface area (Å²) in [6.07, 6.45) is 0.814. The Balaban J connectivity index is 1.73. The van der Waals surface area contributed by atoms with Crippen molar-refractivity contribution in [3.63, 3.8) is 0 Å². The monoisotopic (exact) mass is 487 g/mol. The Hall–Kier alpha value is -2.58. The zero-order valence-electron chi connectivity index (χ0n) is 20.9. The van der Waals surface area contributed by atoms with E-state index in [9.17, 15) is 9.59 Å². The van der Waals surface area contributed by atoms with Crippen LogP contribution in [0.1, 0.15) is 55.7 Å². The number of ether oxygens (including phenoxy) is 2. The van der Waals surface area contributed by atoms with E-state index in [1.807, 2.05) is 30.9 Å². The van der Waals surface area contributed by atoms with Crippen molar-refractivity contribution in [2.24, 2.45) is 0 Å². The molecule has 1 N–H and O–H groups in total. The Kier molecular flexibility index (Phi) is 9.36. The zero-order chi connectivity index (χ0) is 24.7. The number of hydrogen-bond acceptors (Lipinski definition) is 5. The number of carbonyl (C=O) groups is 2. The summed E-state index contributed by atoms with van der Waals surface area (Å²) in [5.41, 5.74) is 2.40. The fourth-order valence-electron chi connectivity index (χ4n) is 4.04. The summed E-state index contributed by atoms with van der Waals surface area (Å²) in [6.45, 7) is 9.82. The van der Waals surface area contributed by atoms with Gasteiger partial charge in [-0.15, -0.1) is 11.3 Å². The lowest BCUT2D eigenvalue weighted by atomic mass is 10.00. The van der Waals surface area contributed by atoms with Gasteiger partial charge in [0.2, 0.25) is 5.91 Å². The number of benzene rings is 1. The van der Waals surface area contributed by atoms with Gasteiger partial charge in [-0.1, -0.05) is 26.0 Å². The molecule has 34 heavy (non-hydrogen) atoms. The van der Waals surface area contributed by atoms with Crippen molar-refractivity contribution in [1.82, 2.24) is 15.1 Å². The highest BCUT2D eigenvalue weighted by Crippen LogP contribution is 2.34. The molecule has 7 nitrogen and oxygen atoms in total. The molecule has 0 saturated carbocycles. The lowest BCUT2D eigenvalue weighted by molar-refractivity contribution is -0.135. The summed E-state index contributed by atoms with van der Waals surface area (Å²) in [6, 6.07) is 9.77. The van der Waals surface area contributed by atoms with E-state index in [1.54, 1.807) is 18.4 Å². The molecule has 8 heteroatoms. The first-order chi connectivity index (χ1) is 16.3. The van der Waals surface area contributed by atoms with Crippen molar-refractivity contribution >= 4 is 23.3 Å². The largest absolute Gasteiger partial charge is 0.491 e. The number of nitrogens with zero attached hydrogens (tertiary/aromatic N) is 2. The van der Waals surface area contributed by atoms with Crippen LogP contribution in [0.4, 0.5) is 4.79 Å². The zero-order valence-corrected chi connectivity index (χ0v) is 21.7. The minimum Gasteiger partial charge on any atom is -0.491 e. The Morgan fingerprint density at radius 1 is 1.18 bits per heavy atom. The maximum atomic E-state index is 13.4. The molecule has 0 spiro atoms. The van der Waals surface area contributed by atoms with Crippen LogP contribution in [0.25, 0.3) is 0 Å². The molecular weight excluding hydrogens is 450 g/mol. The highest BCUT2D eigenvalue weighted by Gasteiger charge is 2.33. The van der Waals surface area contributed by atoms with Crippen molar-refractivity contribution in [3.05, 3.63) is 51.7 Å². The lowest BCUT2D eigenvalue weighted by Gasteiger charge is -2.37. The van der Waals surface area contributed by atoms with E-state index >= 15 is 0 Å². The SMILES string of the molecule is COCCN(CC(=O)N1CCc2sccc2C1COc1ccc(C(C)C)cc1)C(=O)NC(C)C. The molecule has 186 valence electrons. The van der Waals surface area contributed by atoms with Crippen LogP contribution in [0.5, 0.6) is 5.75 Å². The predicted octanol–water partition coefficient (Wildman–Crippen LogP) is 4.44. The van der Waals surface area contributed by atoms with E-state index in [2.05, 4.69) is 42.7 Å². The number of amides is 3. The summed E-state index contributed by atoms with van der Waals surface area (Å²) in [5.74, 6) is 1.16. The number of hydrogen-bond donors (Lipinski definition) is 1. The Labute approximate surface area is 207 Å². The minimum absolute atomic E-state index is 0.000962. The number of methoxy groups -OCH3 is 1. The van der Waals surface area contributed by atoms with E-state index in [-0.39, 0.29) is 30.6 Å². The van der Waals surface area contributed by atoms with Crippen LogP contribution in [0.15, 0.2) is 35.7 Å². The van der Waals surface area contributed by atoms with Crippen molar-refractivity contribution in [1.29, 1.82) is 0 Å². The fraction of sp³-hybridized carbons (Fsp3) is 0.538. The maximum Gasteiger partial charge on any atom is 0.318 e. The standard InChI is InChI=1S/C26H37N3O4S/c1-18(2)20-6-8-21(9-7-20)33-17-23-22-11-15-34-24(22)10-12-29(23)25(30)16-28(13-14-32-5)26(31)27-19(3)4/h6-9,11,15,18-19,23H,10,12-14,16-17H2,1-5H3,(H,27,31). The van der Waals surface area contributed by atoms with E-state index in [1.165, 1.54) is 15.3 Å². The van der Waals surface area contributed by atoms with Gasteiger partial charge in [0.15, 0.2) is 0 Å². The van der Waals surface area contributed by atoms with Crippen LogP contribution >= 0.6 is 11.3 Å². The van der Waals surface area contributed by atoms with Gasteiger partial charge in [0.05, 0.1) is 12.6 Å². The number of rotatable bonds is 10. The number of carbonyl (C=O) groups excluding carboxylic acids is 2. The molecule has 1 aromatic carbocycles. The molecule has 2 heterocycles. The minimum atomic E-state index is -0.258. The molecule has 2 aromatic rings. The summed E-state index contributed by atoms with van der Waals surface area (Å²) in [5, 5.41) is 4.95. The quantitative estimate of drug-likeness (QED) is 0.538. The van der Waals surface area contributed by atoms with Crippen molar-refractivity contribution < 1.29 is 19.1 Å². The molecule has 0 fully saturated rings. The number of thiophene rings is 1. The van der Waals surface area contributed by atoms with Gasteiger partial charge in [-0.2, -0.15) is 0 Å². The molecule has 3 amide bonds. The second-order valence-corrected chi connectivity index (χ2v) is 10.2. The van der Waals surface area contributed by atoms with Crippen LogP contribution in [0, 0.1) is 0 Å². The number of fused-ring (bicyclic) bond motifs is 1. The van der Waals surface area contributed by atoms with Crippen LogP contribution in [0.3, 0.4) is 0 Å².